The molecule has 0 aromatic heterocycles. The molecule has 154 valence electrons. The number of halogens is 1. The lowest BCUT2D eigenvalue weighted by atomic mass is 9.43. The van der Waals surface area contributed by atoms with Gasteiger partial charge in [-0.3, -0.25) is 4.79 Å². The van der Waals surface area contributed by atoms with Gasteiger partial charge in [-0.2, -0.15) is 0 Å². The van der Waals surface area contributed by atoms with Gasteiger partial charge in [-0.25, -0.2) is 0 Å². The second-order valence-corrected chi connectivity index (χ2v) is 10.0. The maximum Gasteiger partial charge on any atom is 0.320 e. The molecule has 4 rings (SSSR count). The Kier molecular flexibility index (Phi) is 4.50. The summed E-state index contributed by atoms with van der Waals surface area (Å²) < 4.78 is 5.50. The Morgan fingerprint density at radius 1 is 1.36 bits per heavy atom. The minimum Gasteiger partial charge on any atom is -0.549 e. The number of allylic oxidation sites excluding steroid dienone is 1. The molecule has 4 aliphatic rings. The van der Waals surface area contributed by atoms with Crippen LogP contribution in [0.3, 0.4) is 0 Å². The van der Waals surface area contributed by atoms with Gasteiger partial charge in [0, 0.05) is 10.8 Å². The fourth-order valence-corrected chi connectivity index (χ4v) is 7.93. The first-order chi connectivity index (χ1) is 13.2. The molecule has 0 amide bonds. The molecule has 5 nitrogen and oxygen atoms in total. The number of fused-ring (bicyclic) bond motifs is 2. The number of rotatable bonds is 6. The summed E-state index contributed by atoms with van der Waals surface area (Å²) in [4.78, 5) is 37.6. The second-order valence-electron chi connectivity index (χ2n) is 9.76. The van der Waals surface area contributed by atoms with Crippen molar-refractivity contribution in [1.29, 1.82) is 0 Å². The van der Waals surface area contributed by atoms with Crippen molar-refractivity contribution in [2.45, 2.75) is 46.5 Å². The summed E-state index contributed by atoms with van der Waals surface area (Å²) in [6.45, 7) is 6.11. The molecule has 4 bridgehead atoms. The third-order valence-corrected chi connectivity index (χ3v) is 8.93. The van der Waals surface area contributed by atoms with E-state index in [1.807, 2.05) is 13.8 Å². The number of alkyl halides is 1. The Balaban J connectivity index is 1.94. The molecule has 4 aliphatic carbocycles. The number of esters is 1. The minimum atomic E-state index is -1.40. The fourth-order valence-electron chi connectivity index (χ4n) is 7.86. The lowest BCUT2D eigenvalue weighted by Crippen LogP contribution is -2.66. The maximum absolute atomic E-state index is 13.0. The largest absolute Gasteiger partial charge is 0.549 e. The van der Waals surface area contributed by atoms with Crippen LogP contribution in [0.4, 0.5) is 0 Å². The maximum atomic E-state index is 13.0. The van der Waals surface area contributed by atoms with E-state index in [9.17, 15) is 19.5 Å². The topological polar surface area (TPSA) is 83.5 Å². The molecule has 0 aromatic carbocycles. The van der Waals surface area contributed by atoms with E-state index in [0.717, 1.165) is 24.7 Å². The van der Waals surface area contributed by atoms with E-state index in [4.69, 9.17) is 16.3 Å². The monoisotopic (exact) mass is 407 g/mol. The van der Waals surface area contributed by atoms with Gasteiger partial charge < -0.3 is 19.4 Å². The second kappa shape index (κ2) is 6.32. The van der Waals surface area contributed by atoms with Crippen LogP contribution < -0.4 is 5.11 Å². The van der Waals surface area contributed by atoms with Gasteiger partial charge in [-0.15, -0.1) is 11.6 Å². The summed E-state index contributed by atoms with van der Waals surface area (Å²) in [6.07, 6.45) is 6.02. The van der Waals surface area contributed by atoms with Crippen LogP contribution in [0.15, 0.2) is 11.6 Å². The fraction of sp³-hybridized carbons (Fsp3) is 0.773. The van der Waals surface area contributed by atoms with Crippen molar-refractivity contribution in [3.8, 4) is 0 Å². The molecule has 0 radical (unpaired) electrons. The molecule has 0 N–H and O–H groups in total. The number of carbonyl (C=O) groups is 3. The van der Waals surface area contributed by atoms with Crippen LogP contribution >= 0.6 is 11.6 Å². The molecule has 6 heteroatoms. The van der Waals surface area contributed by atoms with Gasteiger partial charge in [0.05, 0.1) is 18.0 Å². The Morgan fingerprint density at radius 2 is 2.07 bits per heavy atom. The van der Waals surface area contributed by atoms with Crippen LogP contribution in [0.1, 0.15) is 46.5 Å². The van der Waals surface area contributed by atoms with Gasteiger partial charge in [0.25, 0.3) is 0 Å². The van der Waals surface area contributed by atoms with Gasteiger partial charge in [-0.05, 0) is 48.9 Å². The van der Waals surface area contributed by atoms with Crippen LogP contribution in [-0.2, 0) is 19.1 Å². The van der Waals surface area contributed by atoms with E-state index in [1.165, 1.54) is 0 Å². The zero-order valence-corrected chi connectivity index (χ0v) is 17.5. The highest BCUT2D eigenvalue weighted by atomic mass is 35.5. The third kappa shape index (κ3) is 2.02. The van der Waals surface area contributed by atoms with Crippen molar-refractivity contribution in [3.63, 3.8) is 0 Å². The first kappa shape index (κ1) is 19.9. The number of hydrogen-bond donors (Lipinski definition) is 0. The van der Waals surface area contributed by atoms with Crippen LogP contribution in [0.2, 0.25) is 0 Å². The van der Waals surface area contributed by atoms with Crippen molar-refractivity contribution in [3.05, 3.63) is 11.6 Å². The van der Waals surface area contributed by atoms with Crippen molar-refractivity contribution >= 4 is 29.8 Å². The Morgan fingerprint density at radius 3 is 2.64 bits per heavy atom. The van der Waals surface area contributed by atoms with E-state index in [1.54, 1.807) is 0 Å². The number of aldehydes is 1. The Hall–Kier alpha value is -1.36. The van der Waals surface area contributed by atoms with Crippen LogP contribution in [-0.4, -0.2) is 30.7 Å². The number of ether oxygens (including phenoxy) is 1. The van der Waals surface area contributed by atoms with Gasteiger partial charge in [0.2, 0.25) is 0 Å². The van der Waals surface area contributed by atoms with Gasteiger partial charge in [0.15, 0.2) is 0 Å². The normalized spacial score (nSPS) is 45.7. The zero-order valence-electron chi connectivity index (χ0n) is 16.7. The Labute approximate surface area is 170 Å². The van der Waals surface area contributed by atoms with Crippen LogP contribution in [0.25, 0.3) is 0 Å². The summed E-state index contributed by atoms with van der Waals surface area (Å²) in [6, 6.07) is 0. The highest BCUT2D eigenvalue weighted by molar-refractivity contribution is 6.26. The minimum absolute atomic E-state index is 0.0184. The molecule has 3 fully saturated rings. The van der Waals surface area contributed by atoms with Gasteiger partial charge >= 0.3 is 5.97 Å². The molecule has 0 spiro atoms. The predicted molar refractivity (Wildman–Crippen MR) is 101 cm³/mol. The molecule has 28 heavy (non-hydrogen) atoms. The summed E-state index contributed by atoms with van der Waals surface area (Å²) >= 11 is 5.63. The quantitative estimate of drug-likeness (QED) is 0.292. The molecule has 0 aliphatic heterocycles. The van der Waals surface area contributed by atoms with Crippen LogP contribution in [0.5, 0.6) is 0 Å². The first-order valence-corrected chi connectivity index (χ1v) is 10.9. The summed E-state index contributed by atoms with van der Waals surface area (Å²) in [7, 11) is 0. The first-order valence-electron chi connectivity index (χ1n) is 10.3. The highest BCUT2D eigenvalue weighted by Crippen LogP contribution is 2.82. The highest BCUT2D eigenvalue weighted by Gasteiger charge is 2.82. The molecule has 7 atom stereocenters. The molecule has 3 saturated carbocycles. The van der Waals surface area contributed by atoms with E-state index in [0.29, 0.717) is 18.8 Å². The van der Waals surface area contributed by atoms with E-state index in [-0.39, 0.29) is 36.2 Å². The predicted octanol–water partition coefficient (Wildman–Crippen LogP) is 2.36. The molecule has 0 saturated heterocycles. The number of carboxylic acid groups (broad SMARTS) is 1. The SMILES string of the molecule is CC(C)C1=CC2CC3(C=O)C4CCC(C)C4CC2(COC(=O)CCl)C13C(=O)[O-]. The molecule has 0 aromatic rings. The summed E-state index contributed by atoms with van der Waals surface area (Å²) in [5.74, 6) is -1.41. The lowest BCUT2D eigenvalue weighted by molar-refractivity contribution is -0.332. The summed E-state index contributed by atoms with van der Waals surface area (Å²) in [5.41, 5.74) is -2.42. The Bertz CT molecular complexity index is 760. The van der Waals surface area contributed by atoms with Gasteiger partial charge in [-0.1, -0.05) is 38.8 Å². The average molecular weight is 408 g/mol. The molecule has 0 heterocycles. The summed E-state index contributed by atoms with van der Waals surface area (Å²) in [5, 5.41) is 13.0. The average Bonchev–Trinajstić information content (AvgIpc) is 3.23. The number of hydrogen-bond acceptors (Lipinski definition) is 5. The number of carboxylic acids is 1. The van der Waals surface area contributed by atoms with Crippen molar-refractivity contribution in [2.75, 3.05) is 12.5 Å². The van der Waals surface area contributed by atoms with Crippen LogP contribution in [0, 0.1) is 45.8 Å². The number of carbonyl (C=O) groups excluding carboxylic acids is 3. The van der Waals surface area contributed by atoms with Crippen molar-refractivity contribution in [2.24, 2.45) is 45.8 Å². The molecular formula is C22H28ClO5-. The van der Waals surface area contributed by atoms with E-state index < -0.39 is 28.2 Å². The smallest absolute Gasteiger partial charge is 0.320 e. The molecule has 7 unspecified atom stereocenters. The zero-order chi connectivity index (χ0) is 20.5. The lowest BCUT2D eigenvalue weighted by Gasteiger charge is -2.61. The standard InChI is InChI=1S/C22H29ClO5/c1-12(2)17-6-14-7-20(10-24)16-5-4-13(3)15(16)8-21(14,11-28-18(25)9-23)22(17,20)19(26)27/h6,10,12-16H,4-5,7-9,11H2,1-3H3,(H,26,27)/p-1. The van der Waals surface area contributed by atoms with Crippen molar-refractivity contribution < 1.29 is 24.2 Å². The van der Waals surface area contributed by atoms with E-state index in [2.05, 4.69) is 13.0 Å². The number of aliphatic carboxylic acids is 1. The van der Waals surface area contributed by atoms with E-state index >= 15 is 0 Å². The molecular weight excluding hydrogens is 380 g/mol. The van der Waals surface area contributed by atoms with Gasteiger partial charge in [0.1, 0.15) is 12.2 Å². The van der Waals surface area contributed by atoms with Crippen molar-refractivity contribution in [1.82, 2.24) is 0 Å². The third-order valence-electron chi connectivity index (χ3n) is 8.71.